The molecule has 132 valence electrons. The van der Waals surface area contributed by atoms with Crippen LogP contribution in [0, 0.1) is 6.92 Å². The number of carbonyl (C=O) groups is 1. The van der Waals surface area contributed by atoms with Crippen molar-refractivity contribution in [3.63, 3.8) is 0 Å². The van der Waals surface area contributed by atoms with Gasteiger partial charge in [0.2, 0.25) is 0 Å². The molecule has 1 amide bonds. The molecule has 1 aliphatic carbocycles. The molecule has 1 heterocycles. The number of benzene rings is 1. The van der Waals surface area contributed by atoms with Gasteiger partial charge in [0.15, 0.2) is 0 Å². The van der Waals surface area contributed by atoms with E-state index in [0.717, 1.165) is 36.1 Å². The third-order valence-electron chi connectivity index (χ3n) is 4.94. The van der Waals surface area contributed by atoms with Crippen LogP contribution in [0.4, 0.5) is 0 Å². The molecule has 0 unspecified atom stereocenters. The predicted molar refractivity (Wildman–Crippen MR) is 99.1 cm³/mol. The van der Waals surface area contributed by atoms with Crippen LogP contribution in [0.2, 0.25) is 0 Å². The van der Waals surface area contributed by atoms with Crippen LogP contribution in [0.3, 0.4) is 0 Å². The van der Waals surface area contributed by atoms with Gasteiger partial charge in [0, 0.05) is 12.2 Å². The lowest BCUT2D eigenvalue weighted by molar-refractivity contribution is 0.0922. The van der Waals surface area contributed by atoms with E-state index in [-0.39, 0.29) is 5.91 Å². The molecule has 4 heteroatoms. The molecule has 0 saturated heterocycles. The van der Waals surface area contributed by atoms with Crippen molar-refractivity contribution in [1.82, 2.24) is 10.3 Å². The van der Waals surface area contributed by atoms with Gasteiger partial charge in [-0.2, -0.15) is 0 Å². The summed E-state index contributed by atoms with van der Waals surface area (Å²) in [4.78, 5) is 16.9. The number of amides is 1. The van der Waals surface area contributed by atoms with Crippen LogP contribution >= 0.6 is 0 Å². The molecule has 0 radical (unpaired) electrons. The number of nitrogens with zero attached hydrogens (tertiary/aromatic N) is 1. The first-order chi connectivity index (χ1) is 12.2. The fourth-order valence-electron chi connectivity index (χ4n) is 3.35. The molecule has 1 aliphatic rings. The van der Waals surface area contributed by atoms with Gasteiger partial charge in [-0.1, -0.05) is 31.4 Å². The van der Waals surface area contributed by atoms with E-state index in [4.69, 9.17) is 4.74 Å². The van der Waals surface area contributed by atoms with Gasteiger partial charge in [0.25, 0.3) is 5.91 Å². The Bertz CT molecular complexity index is 719. The van der Waals surface area contributed by atoms with Crippen molar-refractivity contribution in [2.75, 3.05) is 7.11 Å². The Balaban J connectivity index is 1.71. The van der Waals surface area contributed by atoms with Gasteiger partial charge in [-0.15, -0.1) is 0 Å². The zero-order valence-electron chi connectivity index (χ0n) is 15.0. The molecule has 1 fully saturated rings. The summed E-state index contributed by atoms with van der Waals surface area (Å²) < 4.78 is 5.20. The fraction of sp³-hybridized carbons (Fsp3) is 0.429. The number of pyridine rings is 1. The second-order valence-corrected chi connectivity index (χ2v) is 6.83. The zero-order valence-corrected chi connectivity index (χ0v) is 15.0. The molecular formula is C21H26N2O2. The van der Waals surface area contributed by atoms with Gasteiger partial charge in [0.05, 0.1) is 7.11 Å². The monoisotopic (exact) mass is 338 g/mol. The lowest BCUT2D eigenvalue weighted by atomic mass is 9.95. The first-order valence-corrected chi connectivity index (χ1v) is 9.05. The summed E-state index contributed by atoms with van der Waals surface area (Å²) in [6, 6.07) is 10.3. The molecule has 3 rings (SSSR count). The SMILES string of the molecule is COc1ccc(Cc2cc(C(=O)NC3CCCCC3)ncc2C)cc1. The molecule has 4 nitrogen and oxygen atoms in total. The highest BCUT2D eigenvalue weighted by Gasteiger charge is 2.18. The van der Waals surface area contributed by atoms with Gasteiger partial charge >= 0.3 is 0 Å². The largest absolute Gasteiger partial charge is 0.497 e. The maximum Gasteiger partial charge on any atom is 0.270 e. The lowest BCUT2D eigenvalue weighted by Crippen LogP contribution is -2.36. The molecule has 0 spiro atoms. The van der Waals surface area contributed by atoms with E-state index in [1.807, 2.05) is 25.1 Å². The Morgan fingerprint density at radius 1 is 1.20 bits per heavy atom. The summed E-state index contributed by atoms with van der Waals surface area (Å²) in [5, 5.41) is 3.14. The lowest BCUT2D eigenvalue weighted by Gasteiger charge is -2.22. The van der Waals surface area contributed by atoms with Crippen molar-refractivity contribution in [3.05, 3.63) is 58.9 Å². The summed E-state index contributed by atoms with van der Waals surface area (Å²) in [5.74, 6) is 0.797. The average molecular weight is 338 g/mol. The smallest absolute Gasteiger partial charge is 0.270 e. The molecule has 0 aliphatic heterocycles. The van der Waals surface area contributed by atoms with Crippen LogP contribution in [-0.4, -0.2) is 24.0 Å². The van der Waals surface area contributed by atoms with Gasteiger partial charge in [-0.25, -0.2) is 0 Å². The highest BCUT2D eigenvalue weighted by molar-refractivity contribution is 5.92. The molecule has 25 heavy (non-hydrogen) atoms. The maximum atomic E-state index is 12.5. The summed E-state index contributed by atoms with van der Waals surface area (Å²) in [5.41, 5.74) is 3.94. The van der Waals surface area contributed by atoms with E-state index in [0.29, 0.717) is 11.7 Å². The zero-order chi connectivity index (χ0) is 17.6. The van der Waals surface area contributed by atoms with Crippen LogP contribution in [-0.2, 0) is 6.42 Å². The first kappa shape index (κ1) is 17.5. The Kier molecular flexibility index (Phi) is 5.69. The molecule has 0 bridgehead atoms. The number of ether oxygens (including phenoxy) is 1. The number of aromatic nitrogens is 1. The third kappa shape index (κ3) is 4.59. The number of rotatable bonds is 5. The number of aryl methyl sites for hydroxylation is 1. The topological polar surface area (TPSA) is 51.2 Å². The Hall–Kier alpha value is -2.36. The van der Waals surface area contributed by atoms with Crippen molar-refractivity contribution in [3.8, 4) is 5.75 Å². The summed E-state index contributed by atoms with van der Waals surface area (Å²) in [6.45, 7) is 2.04. The van der Waals surface area contributed by atoms with E-state index >= 15 is 0 Å². The number of hydrogen-bond donors (Lipinski definition) is 1. The quantitative estimate of drug-likeness (QED) is 0.895. The minimum Gasteiger partial charge on any atom is -0.497 e. The molecule has 1 N–H and O–H groups in total. The first-order valence-electron chi connectivity index (χ1n) is 9.05. The Morgan fingerprint density at radius 3 is 2.60 bits per heavy atom. The third-order valence-corrected chi connectivity index (χ3v) is 4.94. The number of nitrogens with one attached hydrogen (secondary N) is 1. The molecular weight excluding hydrogens is 312 g/mol. The number of hydrogen-bond acceptors (Lipinski definition) is 3. The number of methoxy groups -OCH3 is 1. The van der Waals surface area contributed by atoms with Crippen molar-refractivity contribution >= 4 is 5.91 Å². The standard InChI is InChI=1S/C21H26N2O2/c1-15-14-22-20(21(24)23-18-6-4-3-5-7-18)13-17(15)12-16-8-10-19(25-2)11-9-16/h8-11,13-14,18H,3-7,12H2,1-2H3,(H,23,24). The van der Waals surface area contributed by atoms with Gasteiger partial charge < -0.3 is 10.1 Å². The van der Waals surface area contributed by atoms with E-state index in [9.17, 15) is 4.79 Å². The van der Waals surface area contributed by atoms with Crippen LogP contribution in [0.15, 0.2) is 36.5 Å². The second kappa shape index (κ2) is 8.15. The van der Waals surface area contributed by atoms with Gasteiger partial charge in [-0.3, -0.25) is 9.78 Å². The van der Waals surface area contributed by atoms with Crippen molar-refractivity contribution in [2.24, 2.45) is 0 Å². The minimum absolute atomic E-state index is 0.0529. The van der Waals surface area contributed by atoms with Crippen molar-refractivity contribution in [1.29, 1.82) is 0 Å². The summed E-state index contributed by atoms with van der Waals surface area (Å²) in [7, 11) is 1.67. The van der Waals surface area contributed by atoms with E-state index < -0.39 is 0 Å². The van der Waals surface area contributed by atoms with E-state index in [1.54, 1.807) is 13.3 Å². The van der Waals surface area contributed by atoms with Crippen LogP contribution in [0.1, 0.15) is 59.3 Å². The van der Waals surface area contributed by atoms with Crippen LogP contribution in [0.5, 0.6) is 5.75 Å². The van der Waals surface area contributed by atoms with E-state index in [2.05, 4.69) is 22.4 Å². The highest BCUT2D eigenvalue weighted by atomic mass is 16.5. The molecule has 0 atom stereocenters. The summed E-state index contributed by atoms with van der Waals surface area (Å²) >= 11 is 0. The van der Waals surface area contributed by atoms with Crippen molar-refractivity contribution < 1.29 is 9.53 Å². The molecule has 1 saturated carbocycles. The molecule has 2 aromatic rings. The maximum absolute atomic E-state index is 12.5. The Morgan fingerprint density at radius 2 is 1.92 bits per heavy atom. The average Bonchev–Trinajstić information content (AvgIpc) is 2.65. The van der Waals surface area contributed by atoms with Gasteiger partial charge in [-0.05, 0) is 61.1 Å². The minimum atomic E-state index is -0.0529. The second-order valence-electron chi connectivity index (χ2n) is 6.83. The summed E-state index contributed by atoms with van der Waals surface area (Å²) in [6.07, 6.45) is 8.43. The normalized spacial score (nSPS) is 15.0. The predicted octanol–water partition coefficient (Wildman–Crippen LogP) is 4.05. The van der Waals surface area contributed by atoms with Crippen LogP contribution < -0.4 is 10.1 Å². The fourth-order valence-corrected chi connectivity index (χ4v) is 3.35. The van der Waals surface area contributed by atoms with Crippen LogP contribution in [0.25, 0.3) is 0 Å². The van der Waals surface area contributed by atoms with E-state index in [1.165, 1.54) is 24.8 Å². The van der Waals surface area contributed by atoms with Crippen molar-refractivity contribution in [2.45, 2.75) is 51.5 Å². The molecule has 1 aromatic heterocycles. The molecule has 1 aromatic carbocycles. The van der Waals surface area contributed by atoms with Gasteiger partial charge in [0.1, 0.15) is 11.4 Å². The number of carbonyl (C=O) groups excluding carboxylic acids is 1. The Labute approximate surface area is 149 Å². The highest BCUT2D eigenvalue weighted by Crippen LogP contribution is 2.19.